The Kier molecular flexibility index (Phi) is 3.48. The first kappa shape index (κ1) is 14.0. The molecule has 0 aliphatic rings. The van der Waals surface area contributed by atoms with Gasteiger partial charge in [0.1, 0.15) is 0 Å². The summed E-state index contributed by atoms with van der Waals surface area (Å²) in [6, 6.07) is 6.45. The highest BCUT2D eigenvalue weighted by atomic mass is 19.4. The fourth-order valence-electron chi connectivity index (χ4n) is 1.91. The largest absolute Gasteiger partial charge is 0.417 e. The third kappa shape index (κ3) is 2.64. The van der Waals surface area contributed by atoms with Gasteiger partial charge < -0.3 is 5.73 Å². The van der Waals surface area contributed by atoms with Gasteiger partial charge in [0.25, 0.3) is 5.91 Å². The third-order valence-electron chi connectivity index (χ3n) is 2.90. The van der Waals surface area contributed by atoms with Crippen LogP contribution in [0.4, 0.5) is 13.2 Å². The quantitative estimate of drug-likeness (QED) is 0.918. The minimum absolute atomic E-state index is 0.0324. The fraction of sp³-hybridized carbons (Fsp3) is 0.143. The third-order valence-corrected chi connectivity index (χ3v) is 2.90. The van der Waals surface area contributed by atoms with Gasteiger partial charge in [-0.3, -0.25) is 9.78 Å². The molecule has 0 aliphatic carbocycles. The lowest BCUT2D eigenvalue weighted by molar-refractivity contribution is -0.137. The summed E-state index contributed by atoms with van der Waals surface area (Å²) < 4.78 is 38.9. The van der Waals surface area contributed by atoms with Crippen molar-refractivity contribution in [2.24, 2.45) is 5.73 Å². The highest BCUT2D eigenvalue weighted by molar-refractivity contribution is 5.95. The first-order valence-electron chi connectivity index (χ1n) is 5.73. The molecule has 104 valence electrons. The number of hydrogen-bond donors (Lipinski definition) is 1. The van der Waals surface area contributed by atoms with E-state index in [0.29, 0.717) is 5.69 Å². The number of benzene rings is 1. The van der Waals surface area contributed by atoms with E-state index in [1.165, 1.54) is 30.5 Å². The van der Waals surface area contributed by atoms with Crippen molar-refractivity contribution >= 4 is 5.91 Å². The van der Waals surface area contributed by atoms with E-state index in [9.17, 15) is 18.0 Å². The number of alkyl halides is 3. The van der Waals surface area contributed by atoms with Crippen LogP contribution in [-0.2, 0) is 6.18 Å². The van der Waals surface area contributed by atoms with Crippen molar-refractivity contribution in [1.82, 2.24) is 4.98 Å². The molecule has 0 atom stereocenters. The molecule has 20 heavy (non-hydrogen) atoms. The first-order chi connectivity index (χ1) is 9.30. The molecule has 1 heterocycles. The summed E-state index contributed by atoms with van der Waals surface area (Å²) in [6.07, 6.45) is -3.18. The fourth-order valence-corrected chi connectivity index (χ4v) is 1.91. The van der Waals surface area contributed by atoms with Crippen molar-refractivity contribution in [2.75, 3.05) is 0 Å². The lowest BCUT2D eigenvalue weighted by Gasteiger charge is -2.13. The number of nitrogens with two attached hydrogens (primary N) is 1. The number of rotatable bonds is 2. The average Bonchev–Trinajstić information content (AvgIpc) is 2.38. The van der Waals surface area contributed by atoms with Crippen LogP contribution in [0.3, 0.4) is 0 Å². The minimum Gasteiger partial charge on any atom is -0.366 e. The number of pyridine rings is 1. The highest BCUT2D eigenvalue weighted by Gasteiger charge is 2.33. The maximum atomic E-state index is 13.0. The Balaban J connectivity index is 2.64. The van der Waals surface area contributed by atoms with E-state index in [0.717, 1.165) is 6.07 Å². The van der Waals surface area contributed by atoms with Gasteiger partial charge in [0.15, 0.2) is 0 Å². The monoisotopic (exact) mass is 280 g/mol. The number of aryl methyl sites for hydroxylation is 1. The van der Waals surface area contributed by atoms with Crippen LogP contribution < -0.4 is 5.73 Å². The Labute approximate surface area is 113 Å². The molecule has 6 heteroatoms. The topological polar surface area (TPSA) is 56.0 Å². The van der Waals surface area contributed by atoms with E-state index in [1.807, 2.05) is 0 Å². The standard InChI is InChI=1S/C14H11F3N2O/c1-8-11(13(18)20)6-9(7-19-8)10-4-2-3-5-12(10)14(15,16)17/h2-7H,1H3,(H2,18,20). The number of hydrogen-bond acceptors (Lipinski definition) is 2. The van der Waals surface area contributed by atoms with Crippen LogP contribution in [0.5, 0.6) is 0 Å². The molecule has 0 saturated carbocycles. The Bertz CT molecular complexity index is 666. The van der Waals surface area contributed by atoms with Gasteiger partial charge in [0.05, 0.1) is 16.8 Å². The number of aromatic nitrogens is 1. The molecule has 2 rings (SSSR count). The molecule has 2 N–H and O–H groups in total. The van der Waals surface area contributed by atoms with Crippen LogP contribution >= 0.6 is 0 Å². The zero-order chi connectivity index (χ0) is 14.9. The Morgan fingerprint density at radius 1 is 1.25 bits per heavy atom. The molecule has 0 fully saturated rings. The normalized spacial score (nSPS) is 11.4. The second-order valence-corrected chi connectivity index (χ2v) is 4.26. The first-order valence-corrected chi connectivity index (χ1v) is 5.73. The number of primary amides is 1. The molecule has 1 amide bonds. The Hall–Kier alpha value is -2.37. The molecular formula is C14H11F3N2O. The van der Waals surface area contributed by atoms with Crippen LogP contribution in [0.15, 0.2) is 36.5 Å². The summed E-state index contributed by atoms with van der Waals surface area (Å²) in [5.74, 6) is -0.721. The Morgan fingerprint density at radius 2 is 1.90 bits per heavy atom. The minimum atomic E-state index is -4.48. The number of carbonyl (C=O) groups is 1. The van der Waals surface area contributed by atoms with Gasteiger partial charge in [-0.2, -0.15) is 13.2 Å². The summed E-state index contributed by atoms with van der Waals surface area (Å²) in [5, 5.41) is 0. The predicted octanol–water partition coefficient (Wildman–Crippen LogP) is 3.17. The molecule has 1 aromatic carbocycles. The van der Waals surface area contributed by atoms with E-state index in [1.54, 1.807) is 6.92 Å². The van der Waals surface area contributed by atoms with Crippen LogP contribution in [0.2, 0.25) is 0 Å². The van der Waals surface area contributed by atoms with Crippen molar-refractivity contribution in [3.8, 4) is 11.1 Å². The molecule has 0 spiro atoms. The van der Waals surface area contributed by atoms with Crippen LogP contribution in [0.25, 0.3) is 11.1 Å². The van der Waals surface area contributed by atoms with Gasteiger partial charge in [-0.05, 0) is 24.6 Å². The van der Waals surface area contributed by atoms with Gasteiger partial charge in [-0.1, -0.05) is 18.2 Å². The lowest BCUT2D eigenvalue weighted by Crippen LogP contribution is -2.14. The molecule has 2 aromatic rings. The predicted molar refractivity (Wildman–Crippen MR) is 67.9 cm³/mol. The van der Waals surface area contributed by atoms with Gasteiger partial charge in [0.2, 0.25) is 0 Å². The molecule has 0 aliphatic heterocycles. The second kappa shape index (κ2) is 4.96. The molecular weight excluding hydrogens is 269 g/mol. The summed E-state index contributed by atoms with van der Waals surface area (Å²) in [4.78, 5) is 15.2. The number of halogens is 3. The summed E-state index contributed by atoms with van der Waals surface area (Å²) in [7, 11) is 0. The molecule has 3 nitrogen and oxygen atoms in total. The smallest absolute Gasteiger partial charge is 0.366 e. The van der Waals surface area contributed by atoms with Crippen molar-refractivity contribution in [3.05, 3.63) is 53.3 Å². The Morgan fingerprint density at radius 3 is 2.50 bits per heavy atom. The van der Waals surface area contributed by atoms with Gasteiger partial charge in [-0.15, -0.1) is 0 Å². The van der Waals surface area contributed by atoms with Gasteiger partial charge >= 0.3 is 6.18 Å². The summed E-state index contributed by atoms with van der Waals surface area (Å²) >= 11 is 0. The van der Waals surface area contributed by atoms with E-state index < -0.39 is 17.6 Å². The average molecular weight is 280 g/mol. The zero-order valence-electron chi connectivity index (χ0n) is 10.5. The maximum absolute atomic E-state index is 13.0. The van der Waals surface area contributed by atoms with E-state index >= 15 is 0 Å². The SMILES string of the molecule is Cc1ncc(-c2ccccc2C(F)(F)F)cc1C(N)=O. The van der Waals surface area contributed by atoms with E-state index in [-0.39, 0.29) is 16.7 Å². The lowest BCUT2D eigenvalue weighted by atomic mass is 9.99. The van der Waals surface area contributed by atoms with Crippen LogP contribution in [-0.4, -0.2) is 10.9 Å². The molecule has 1 aromatic heterocycles. The van der Waals surface area contributed by atoms with Crippen LogP contribution in [0.1, 0.15) is 21.6 Å². The number of carbonyl (C=O) groups excluding carboxylic acids is 1. The second-order valence-electron chi connectivity index (χ2n) is 4.26. The van der Waals surface area contributed by atoms with Gasteiger partial charge in [0, 0.05) is 11.8 Å². The number of amides is 1. The summed E-state index contributed by atoms with van der Waals surface area (Å²) in [5.41, 5.74) is 5.07. The van der Waals surface area contributed by atoms with E-state index in [4.69, 9.17) is 5.73 Å². The van der Waals surface area contributed by atoms with Crippen molar-refractivity contribution in [1.29, 1.82) is 0 Å². The van der Waals surface area contributed by atoms with E-state index in [2.05, 4.69) is 4.98 Å². The number of nitrogens with zero attached hydrogens (tertiary/aromatic N) is 1. The molecule has 0 radical (unpaired) electrons. The van der Waals surface area contributed by atoms with Crippen LogP contribution in [0, 0.1) is 6.92 Å². The highest BCUT2D eigenvalue weighted by Crippen LogP contribution is 2.36. The van der Waals surface area contributed by atoms with Crippen molar-refractivity contribution < 1.29 is 18.0 Å². The molecule has 0 unspecified atom stereocenters. The molecule has 0 saturated heterocycles. The zero-order valence-corrected chi connectivity index (χ0v) is 10.5. The maximum Gasteiger partial charge on any atom is 0.417 e. The van der Waals surface area contributed by atoms with Crippen molar-refractivity contribution in [3.63, 3.8) is 0 Å². The molecule has 0 bridgehead atoms. The van der Waals surface area contributed by atoms with Crippen molar-refractivity contribution in [2.45, 2.75) is 13.1 Å². The summed E-state index contributed by atoms with van der Waals surface area (Å²) in [6.45, 7) is 1.57. The van der Waals surface area contributed by atoms with Gasteiger partial charge in [-0.25, -0.2) is 0 Å².